The first-order valence-corrected chi connectivity index (χ1v) is 14.8. The molecule has 0 spiro atoms. The highest BCUT2D eigenvalue weighted by atomic mass is 35.5. The third kappa shape index (κ3) is 7.43. The maximum Gasteiger partial charge on any atom is 0.338 e. The number of carbonyl (C=O) groups is 3. The number of urea groups is 1. The molecule has 0 bridgehead atoms. The molecule has 0 unspecified atom stereocenters. The molecule has 3 amide bonds. The van der Waals surface area contributed by atoms with Crippen molar-refractivity contribution in [2.24, 2.45) is 0 Å². The van der Waals surface area contributed by atoms with E-state index in [0.717, 1.165) is 11.1 Å². The van der Waals surface area contributed by atoms with Crippen molar-refractivity contribution in [3.8, 4) is 23.0 Å². The Kier molecular flexibility index (Phi) is 9.99. The lowest BCUT2D eigenvalue weighted by atomic mass is 9.94. The van der Waals surface area contributed by atoms with E-state index in [1.165, 1.54) is 0 Å². The predicted molar refractivity (Wildman–Crippen MR) is 166 cm³/mol. The second kappa shape index (κ2) is 14.3. The van der Waals surface area contributed by atoms with Crippen molar-refractivity contribution in [1.29, 1.82) is 0 Å². The first-order valence-electron chi connectivity index (χ1n) is 14.4. The first-order chi connectivity index (χ1) is 21.8. The van der Waals surface area contributed by atoms with Gasteiger partial charge < -0.3 is 39.2 Å². The lowest BCUT2D eigenvalue weighted by Gasteiger charge is -2.32. The number of hydrogen-bond donors (Lipinski definition) is 2. The maximum atomic E-state index is 13.8. The SMILES string of the molecule is CCOC(=O)C1=C(CN(CCc2ccc(OC)c(OC)c2)C(=O)Cc2ccc(Cl)cc2)NC(=O)N[C@@H]1c1ccc2c(c1)OCO2. The van der Waals surface area contributed by atoms with Gasteiger partial charge in [0.25, 0.3) is 0 Å². The third-order valence-electron chi connectivity index (χ3n) is 7.47. The predicted octanol–water partition coefficient (Wildman–Crippen LogP) is 4.57. The second-order valence-electron chi connectivity index (χ2n) is 10.3. The van der Waals surface area contributed by atoms with Crippen LogP contribution < -0.4 is 29.6 Å². The molecule has 0 aromatic heterocycles. The zero-order valence-electron chi connectivity index (χ0n) is 25.2. The summed E-state index contributed by atoms with van der Waals surface area (Å²) in [5, 5.41) is 6.16. The highest BCUT2D eigenvalue weighted by molar-refractivity contribution is 6.30. The van der Waals surface area contributed by atoms with Crippen LogP contribution in [0.15, 0.2) is 71.9 Å². The number of methoxy groups -OCH3 is 2. The molecule has 1 atom stereocenters. The van der Waals surface area contributed by atoms with Crippen molar-refractivity contribution >= 4 is 29.5 Å². The van der Waals surface area contributed by atoms with Gasteiger partial charge in [-0.25, -0.2) is 9.59 Å². The van der Waals surface area contributed by atoms with E-state index in [1.54, 1.807) is 74.6 Å². The van der Waals surface area contributed by atoms with Crippen LogP contribution in [0.25, 0.3) is 0 Å². The van der Waals surface area contributed by atoms with Crippen molar-refractivity contribution < 1.29 is 38.1 Å². The average Bonchev–Trinajstić information content (AvgIpc) is 3.52. The number of esters is 1. The molecule has 2 heterocycles. The van der Waals surface area contributed by atoms with Crippen molar-refractivity contribution in [3.63, 3.8) is 0 Å². The van der Waals surface area contributed by atoms with Gasteiger partial charge in [-0.15, -0.1) is 0 Å². The third-order valence-corrected chi connectivity index (χ3v) is 7.72. The lowest BCUT2D eigenvalue weighted by molar-refractivity contribution is -0.139. The minimum atomic E-state index is -0.860. The van der Waals surface area contributed by atoms with Gasteiger partial charge in [-0.05, 0) is 66.4 Å². The molecule has 5 rings (SSSR count). The van der Waals surface area contributed by atoms with Gasteiger partial charge in [-0.3, -0.25) is 4.79 Å². The average molecular weight is 636 g/mol. The van der Waals surface area contributed by atoms with Crippen LogP contribution in [0.1, 0.15) is 29.7 Å². The Morgan fingerprint density at radius 3 is 2.42 bits per heavy atom. The van der Waals surface area contributed by atoms with Crippen LogP contribution >= 0.6 is 11.6 Å². The molecule has 11 nitrogen and oxygen atoms in total. The highest BCUT2D eigenvalue weighted by Crippen LogP contribution is 2.37. The van der Waals surface area contributed by atoms with Crippen LogP contribution in [0.5, 0.6) is 23.0 Å². The summed E-state index contributed by atoms with van der Waals surface area (Å²) in [5.41, 5.74) is 2.72. The lowest BCUT2D eigenvalue weighted by Crippen LogP contribution is -2.49. The first kappa shape index (κ1) is 31.5. The topological polar surface area (TPSA) is 125 Å². The standard InChI is InChI=1S/C33H34ClN3O8/c1-4-43-32(39)30-24(35-33(40)36-31(30)22-8-12-26-28(17-22)45-19-44-26)18-37(29(38)16-20-5-9-23(34)10-6-20)14-13-21-7-11-25(41-2)27(15-21)42-3/h5-12,15,17,31H,4,13-14,16,18-19H2,1-3H3,(H2,35,36,40)/t31-/m1/s1. The number of hydrogen-bond acceptors (Lipinski definition) is 8. The van der Waals surface area contributed by atoms with Gasteiger partial charge in [-0.1, -0.05) is 35.9 Å². The molecule has 0 saturated carbocycles. The Morgan fingerprint density at radius 2 is 1.69 bits per heavy atom. The number of benzene rings is 3. The van der Waals surface area contributed by atoms with Crippen molar-refractivity contribution in [2.75, 3.05) is 40.7 Å². The normalized spacial score (nSPS) is 15.2. The highest BCUT2D eigenvalue weighted by Gasteiger charge is 2.35. The summed E-state index contributed by atoms with van der Waals surface area (Å²) in [6.07, 6.45) is 0.551. The minimum Gasteiger partial charge on any atom is -0.493 e. The Labute approximate surface area is 266 Å². The van der Waals surface area contributed by atoms with Crippen molar-refractivity contribution in [2.45, 2.75) is 25.8 Å². The Bertz CT molecular complexity index is 1610. The summed E-state index contributed by atoms with van der Waals surface area (Å²) in [7, 11) is 3.12. The summed E-state index contributed by atoms with van der Waals surface area (Å²) < 4.78 is 27.2. The van der Waals surface area contributed by atoms with E-state index in [4.69, 9.17) is 35.3 Å². The number of halogens is 1. The number of nitrogens with zero attached hydrogens (tertiary/aromatic N) is 1. The molecule has 0 fully saturated rings. The quantitative estimate of drug-likeness (QED) is 0.277. The van der Waals surface area contributed by atoms with E-state index in [-0.39, 0.29) is 50.1 Å². The summed E-state index contributed by atoms with van der Waals surface area (Å²) in [5.74, 6) is 1.40. The van der Waals surface area contributed by atoms with Gasteiger partial charge in [0.2, 0.25) is 12.7 Å². The van der Waals surface area contributed by atoms with Gasteiger partial charge in [-0.2, -0.15) is 0 Å². The smallest absolute Gasteiger partial charge is 0.338 e. The van der Waals surface area contributed by atoms with E-state index in [2.05, 4.69) is 10.6 Å². The number of fused-ring (bicyclic) bond motifs is 1. The molecule has 2 N–H and O–H groups in total. The molecule has 3 aromatic rings. The van der Waals surface area contributed by atoms with E-state index in [9.17, 15) is 14.4 Å². The zero-order chi connectivity index (χ0) is 31.9. The Balaban J connectivity index is 1.49. The van der Waals surface area contributed by atoms with Gasteiger partial charge in [0.15, 0.2) is 23.0 Å². The number of ether oxygens (including phenoxy) is 5. The largest absolute Gasteiger partial charge is 0.493 e. The van der Waals surface area contributed by atoms with Crippen molar-refractivity contribution in [1.82, 2.24) is 15.5 Å². The van der Waals surface area contributed by atoms with E-state index in [0.29, 0.717) is 40.0 Å². The van der Waals surface area contributed by atoms with Crippen LogP contribution in [0, 0.1) is 0 Å². The number of carbonyl (C=O) groups excluding carboxylic acids is 3. The molecule has 0 saturated heterocycles. The second-order valence-corrected chi connectivity index (χ2v) is 10.8. The molecular weight excluding hydrogens is 602 g/mol. The summed E-state index contributed by atoms with van der Waals surface area (Å²) >= 11 is 6.06. The monoisotopic (exact) mass is 635 g/mol. The molecule has 12 heteroatoms. The number of amides is 3. The molecule has 0 aliphatic carbocycles. The fraction of sp³-hybridized carbons (Fsp3) is 0.303. The maximum absolute atomic E-state index is 13.8. The minimum absolute atomic E-state index is 0.0532. The van der Waals surface area contributed by atoms with E-state index >= 15 is 0 Å². The Hall–Kier alpha value is -4.90. The Morgan fingerprint density at radius 1 is 0.956 bits per heavy atom. The van der Waals surface area contributed by atoms with Crippen LogP contribution in [-0.2, 0) is 27.2 Å². The van der Waals surface area contributed by atoms with Crippen LogP contribution in [-0.4, -0.2) is 63.5 Å². The fourth-order valence-electron chi connectivity index (χ4n) is 5.21. The molecule has 0 radical (unpaired) electrons. The molecule has 2 aliphatic rings. The summed E-state index contributed by atoms with van der Waals surface area (Å²) in [6, 6.07) is 16.4. The van der Waals surface area contributed by atoms with E-state index in [1.807, 2.05) is 12.1 Å². The van der Waals surface area contributed by atoms with Crippen molar-refractivity contribution in [3.05, 3.63) is 93.6 Å². The summed E-state index contributed by atoms with van der Waals surface area (Å²) in [4.78, 5) is 41.9. The van der Waals surface area contributed by atoms with Crippen LogP contribution in [0.4, 0.5) is 4.79 Å². The van der Waals surface area contributed by atoms with Crippen LogP contribution in [0.2, 0.25) is 5.02 Å². The zero-order valence-corrected chi connectivity index (χ0v) is 25.9. The van der Waals surface area contributed by atoms with Gasteiger partial charge >= 0.3 is 12.0 Å². The number of rotatable bonds is 12. The van der Waals surface area contributed by atoms with E-state index < -0.39 is 18.0 Å². The van der Waals surface area contributed by atoms with Crippen LogP contribution in [0.3, 0.4) is 0 Å². The molecule has 45 heavy (non-hydrogen) atoms. The number of nitrogens with one attached hydrogen (secondary N) is 2. The molecule has 2 aliphatic heterocycles. The molecule has 236 valence electrons. The fourth-order valence-corrected chi connectivity index (χ4v) is 5.33. The van der Waals surface area contributed by atoms with Gasteiger partial charge in [0.05, 0.1) is 51.1 Å². The van der Waals surface area contributed by atoms with Gasteiger partial charge in [0, 0.05) is 11.6 Å². The molecular formula is C33H34ClN3O8. The molecule has 3 aromatic carbocycles. The summed E-state index contributed by atoms with van der Waals surface area (Å²) in [6.45, 7) is 2.12. The van der Waals surface area contributed by atoms with Gasteiger partial charge in [0.1, 0.15) is 0 Å².